The third-order valence-corrected chi connectivity index (χ3v) is 10.1. The van der Waals surface area contributed by atoms with Crippen LogP contribution in [0.5, 0.6) is 0 Å². The van der Waals surface area contributed by atoms with Gasteiger partial charge in [0.05, 0.1) is 0 Å². The number of unbranched alkanes of at least 4 members (excludes halogenated alkanes) is 1. The lowest BCUT2D eigenvalue weighted by molar-refractivity contribution is -0.167. The van der Waals surface area contributed by atoms with Crippen LogP contribution in [0.4, 0.5) is 4.79 Å². The molecule has 0 aromatic heterocycles. The lowest BCUT2D eigenvalue weighted by Gasteiger charge is -2.26. The third-order valence-electron chi connectivity index (χ3n) is 9.13. The third kappa shape index (κ3) is 18.3. The number of carbonyl (C=O) groups is 5. The van der Waals surface area contributed by atoms with Crippen LogP contribution in [-0.4, -0.2) is 98.0 Å². The quantitative estimate of drug-likeness (QED) is 0.0598. The average molecular weight is 669 g/mol. The molecule has 0 N–H and O–H groups in total. The lowest BCUT2D eigenvalue weighted by atomic mass is 9.81. The number of carbonyl (C=O) groups excluding carboxylic acids is 5. The van der Waals surface area contributed by atoms with Crippen molar-refractivity contribution in [1.29, 1.82) is 0 Å². The standard InChI is InChI=1S/C35H60N2O8S/c1-27-10-14-29(15-11-27)23-33(40)43-25-31(26-44-34(41)24-30-16-12-28(2)13-17-30)45-32(39)9-7-20-37(19-5-6-21-38)35(42)46-22-8-18-36(3)4/h21,27-31H,5-20,22-26H2,1-4H3. The van der Waals surface area contributed by atoms with E-state index in [9.17, 15) is 24.0 Å². The van der Waals surface area contributed by atoms with Gasteiger partial charge in [-0.3, -0.25) is 19.2 Å². The summed E-state index contributed by atoms with van der Waals surface area (Å²) in [6, 6.07) is 0. The van der Waals surface area contributed by atoms with E-state index in [2.05, 4.69) is 18.7 Å². The molecule has 46 heavy (non-hydrogen) atoms. The Balaban J connectivity index is 1.86. The molecule has 0 aliphatic heterocycles. The van der Waals surface area contributed by atoms with Gasteiger partial charge in [-0.25, -0.2) is 0 Å². The summed E-state index contributed by atoms with van der Waals surface area (Å²) in [5.41, 5.74) is 0. The van der Waals surface area contributed by atoms with Gasteiger partial charge in [0.1, 0.15) is 19.5 Å². The van der Waals surface area contributed by atoms with Gasteiger partial charge in [-0.05, 0) is 89.3 Å². The van der Waals surface area contributed by atoms with Gasteiger partial charge in [-0.1, -0.05) is 51.3 Å². The van der Waals surface area contributed by atoms with Gasteiger partial charge in [0.25, 0.3) is 5.24 Å². The second kappa shape index (κ2) is 23.2. The molecule has 0 unspecified atom stereocenters. The zero-order valence-electron chi connectivity index (χ0n) is 28.9. The number of thioether (sulfide) groups is 1. The highest BCUT2D eigenvalue weighted by Gasteiger charge is 2.26. The number of amides is 1. The van der Waals surface area contributed by atoms with Crippen LogP contribution >= 0.6 is 11.8 Å². The molecule has 2 aliphatic rings. The fraction of sp³-hybridized carbons (Fsp3) is 0.857. The second-order valence-corrected chi connectivity index (χ2v) is 14.9. The van der Waals surface area contributed by atoms with Gasteiger partial charge in [0.2, 0.25) is 0 Å². The van der Waals surface area contributed by atoms with E-state index in [1.807, 2.05) is 14.1 Å². The first-order chi connectivity index (χ1) is 22.0. The van der Waals surface area contributed by atoms with Crippen LogP contribution in [0.2, 0.25) is 0 Å². The van der Waals surface area contributed by atoms with Crippen LogP contribution in [-0.2, 0) is 33.4 Å². The molecule has 10 nitrogen and oxygen atoms in total. The molecular weight excluding hydrogens is 608 g/mol. The van der Waals surface area contributed by atoms with Gasteiger partial charge in [0, 0.05) is 44.5 Å². The van der Waals surface area contributed by atoms with Crippen molar-refractivity contribution in [3.8, 4) is 0 Å². The predicted molar refractivity (Wildman–Crippen MR) is 180 cm³/mol. The first kappa shape index (κ1) is 40.0. The minimum absolute atomic E-state index is 0.0572. The molecule has 0 bridgehead atoms. The lowest BCUT2D eigenvalue weighted by Crippen LogP contribution is -2.33. The number of hydrogen-bond donors (Lipinski definition) is 0. The molecule has 0 saturated heterocycles. The summed E-state index contributed by atoms with van der Waals surface area (Å²) in [5, 5.41) is -0.0606. The number of esters is 3. The topological polar surface area (TPSA) is 120 Å². The fourth-order valence-corrected chi connectivity index (χ4v) is 6.91. The molecule has 2 rings (SSSR count). The van der Waals surface area contributed by atoms with Crippen LogP contribution in [0.3, 0.4) is 0 Å². The number of aldehydes is 1. The summed E-state index contributed by atoms with van der Waals surface area (Å²) in [6.07, 6.45) is 11.4. The van der Waals surface area contributed by atoms with E-state index in [0.717, 1.165) is 70.6 Å². The normalized spacial score (nSPS) is 22.1. The summed E-state index contributed by atoms with van der Waals surface area (Å²) in [6.45, 7) is 5.84. The molecule has 1 amide bonds. The van der Waals surface area contributed by atoms with E-state index in [-0.39, 0.29) is 36.8 Å². The highest BCUT2D eigenvalue weighted by Crippen LogP contribution is 2.31. The molecule has 0 spiro atoms. The molecule has 0 atom stereocenters. The second-order valence-electron chi connectivity index (χ2n) is 13.8. The van der Waals surface area contributed by atoms with Crippen molar-refractivity contribution in [3.63, 3.8) is 0 Å². The van der Waals surface area contributed by atoms with Crippen molar-refractivity contribution in [2.75, 3.05) is 52.7 Å². The van der Waals surface area contributed by atoms with Crippen LogP contribution in [0.25, 0.3) is 0 Å². The summed E-state index contributed by atoms with van der Waals surface area (Å²) in [7, 11) is 3.98. The van der Waals surface area contributed by atoms with Crippen LogP contribution in [0, 0.1) is 23.7 Å². The maximum Gasteiger partial charge on any atom is 0.306 e. The smallest absolute Gasteiger partial charge is 0.306 e. The molecule has 2 aliphatic carbocycles. The van der Waals surface area contributed by atoms with Gasteiger partial charge in [-0.15, -0.1) is 0 Å². The van der Waals surface area contributed by atoms with Crippen molar-refractivity contribution in [1.82, 2.24) is 9.80 Å². The largest absolute Gasteiger partial charge is 0.462 e. The van der Waals surface area contributed by atoms with E-state index in [1.54, 1.807) is 4.90 Å². The van der Waals surface area contributed by atoms with Crippen LogP contribution in [0.15, 0.2) is 0 Å². The van der Waals surface area contributed by atoms with E-state index in [0.29, 0.717) is 74.6 Å². The Labute approximate surface area is 281 Å². The SMILES string of the molecule is CC1CCC(CC(=O)OCC(COC(=O)CC2CCC(C)CC2)OC(=O)CCCN(CCCC=O)C(=O)SCCCN(C)C)CC1. The molecule has 0 heterocycles. The zero-order valence-corrected chi connectivity index (χ0v) is 29.7. The highest BCUT2D eigenvalue weighted by atomic mass is 32.2. The first-order valence-electron chi connectivity index (χ1n) is 17.6. The molecule has 264 valence electrons. The zero-order chi connectivity index (χ0) is 33.7. The molecular formula is C35H60N2O8S. The molecule has 0 aromatic rings. The minimum Gasteiger partial charge on any atom is -0.462 e. The summed E-state index contributed by atoms with van der Waals surface area (Å²) < 4.78 is 16.7. The first-order valence-corrected chi connectivity index (χ1v) is 18.5. The fourth-order valence-electron chi connectivity index (χ4n) is 6.09. The Morgan fingerprint density at radius 1 is 0.739 bits per heavy atom. The van der Waals surface area contributed by atoms with Crippen molar-refractivity contribution in [2.45, 2.75) is 116 Å². The van der Waals surface area contributed by atoms with Gasteiger partial charge in [-0.2, -0.15) is 0 Å². The Bertz CT molecular complexity index is 876. The Hall–Kier alpha value is -2.14. The van der Waals surface area contributed by atoms with Gasteiger partial charge < -0.3 is 28.8 Å². The van der Waals surface area contributed by atoms with E-state index < -0.39 is 12.1 Å². The Morgan fingerprint density at radius 3 is 1.76 bits per heavy atom. The van der Waals surface area contributed by atoms with Crippen molar-refractivity contribution < 1.29 is 38.2 Å². The summed E-state index contributed by atoms with van der Waals surface area (Å²) >= 11 is 1.26. The predicted octanol–water partition coefficient (Wildman–Crippen LogP) is 6.28. The average Bonchev–Trinajstić information content (AvgIpc) is 3.02. The number of hydrogen-bond acceptors (Lipinski definition) is 10. The molecule has 2 saturated carbocycles. The number of rotatable bonds is 21. The number of ether oxygens (including phenoxy) is 3. The molecule has 11 heteroatoms. The van der Waals surface area contributed by atoms with Gasteiger partial charge in [0.15, 0.2) is 6.10 Å². The maximum absolute atomic E-state index is 12.9. The Morgan fingerprint density at radius 2 is 1.26 bits per heavy atom. The van der Waals surface area contributed by atoms with E-state index in [1.165, 1.54) is 11.8 Å². The van der Waals surface area contributed by atoms with E-state index >= 15 is 0 Å². The van der Waals surface area contributed by atoms with Crippen LogP contribution in [0.1, 0.15) is 110 Å². The number of nitrogens with zero attached hydrogens (tertiary/aromatic N) is 2. The van der Waals surface area contributed by atoms with Crippen molar-refractivity contribution >= 4 is 41.2 Å². The van der Waals surface area contributed by atoms with Crippen molar-refractivity contribution in [3.05, 3.63) is 0 Å². The maximum atomic E-state index is 12.9. The summed E-state index contributed by atoms with van der Waals surface area (Å²) in [5.74, 6) is 1.55. The minimum atomic E-state index is -0.893. The monoisotopic (exact) mass is 668 g/mol. The molecule has 0 aromatic carbocycles. The summed E-state index contributed by atoms with van der Waals surface area (Å²) in [4.78, 5) is 65.5. The van der Waals surface area contributed by atoms with Crippen molar-refractivity contribution in [2.24, 2.45) is 23.7 Å². The van der Waals surface area contributed by atoms with Crippen LogP contribution < -0.4 is 0 Å². The highest BCUT2D eigenvalue weighted by molar-refractivity contribution is 8.13. The Kier molecular flexibility index (Phi) is 20.2. The van der Waals surface area contributed by atoms with E-state index in [4.69, 9.17) is 14.2 Å². The van der Waals surface area contributed by atoms with Gasteiger partial charge >= 0.3 is 17.9 Å². The molecule has 0 radical (unpaired) electrons. The molecule has 2 fully saturated rings.